The van der Waals surface area contributed by atoms with Crippen molar-refractivity contribution in [3.63, 3.8) is 0 Å². The number of anilines is 2. The second-order valence-corrected chi connectivity index (χ2v) is 7.19. The predicted molar refractivity (Wildman–Crippen MR) is 107 cm³/mol. The molecule has 1 aliphatic heterocycles. The number of hydrogen-bond acceptors (Lipinski definition) is 2. The molecule has 0 saturated heterocycles. The Morgan fingerprint density at radius 1 is 0.880 bits per heavy atom. The van der Waals surface area contributed by atoms with Crippen molar-refractivity contribution < 1.29 is 4.11 Å². The number of para-hydroxylation sites is 2. The first-order valence-corrected chi connectivity index (χ1v) is 9.29. The van der Waals surface area contributed by atoms with E-state index in [0.717, 1.165) is 35.5 Å². The topological polar surface area (TPSA) is 6.48 Å². The second-order valence-electron chi connectivity index (χ2n) is 7.19. The highest BCUT2D eigenvalue weighted by molar-refractivity contribution is 5.68. The van der Waals surface area contributed by atoms with Crippen LogP contribution in [0.4, 0.5) is 11.4 Å². The highest BCUT2D eigenvalue weighted by atomic mass is 15.4. The van der Waals surface area contributed by atoms with E-state index in [-0.39, 0.29) is 0 Å². The fraction of sp³-hybridized carbons (Fsp3) is 0.391. The first-order valence-electron chi connectivity index (χ1n) is 10.8. The quantitative estimate of drug-likeness (QED) is 0.669. The van der Waals surface area contributed by atoms with Crippen molar-refractivity contribution in [3.05, 3.63) is 71.6 Å². The molecule has 0 radical (unpaired) electrons. The van der Waals surface area contributed by atoms with Crippen LogP contribution in [0.2, 0.25) is 0 Å². The van der Waals surface area contributed by atoms with Gasteiger partial charge in [0.25, 0.3) is 0 Å². The van der Waals surface area contributed by atoms with Gasteiger partial charge in [0.05, 0.1) is 0 Å². The summed E-state index contributed by atoms with van der Waals surface area (Å²) in [5, 5.41) is 0. The number of hydrogen-bond donors (Lipinski definition) is 0. The number of allylic oxidation sites excluding steroid dienone is 2. The van der Waals surface area contributed by atoms with E-state index in [1.54, 1.807) is 0 Å². The molecule has 2 heteroatoms. The van der Waals surface area contributed by atoms with E-state index in [2.05, 4.69) is 29.7 Å². The van der Waals surface area contributed by atoms with E-state index in [9.17, 15) is 0 Å². The Hall–Kier alpha value is -2.22. The van der Waals surface area contributed by atoms with Gasteiger partial charge in [0, 0.05) is 32.8 Å². The van der Waals surface area contributed by atoms with Crippen LogP contribution in [0, 0.1) is 12.8 Å². The molecule has 1 atom stereocenters. The summed E-state index contributed by atoms with van der Waals surface area (Å²) in [5.74, 6) is 0.416. The molecule has 0 spiro atoms. The number of benzene rings is 2. The van der Waals surface area contributed by atoms with Gasteiger partial charge < -0.3 is 9.80 Å². The number of rotatable bonds is 3. The zero-order chi connectivity index (χ0) is 19.9. The summed E-state index contributed by atoms with van der Waals surface area (Å²) in [7, 11) is 0. The van der Waals surface area contributed by atoms with Crippen LogP contribution in [-0.2, 0) is 0 Å². The van der Waals surface area contributed by atoms with Crippen LogP contribution in [0.3, 0.4) is 0 Å². The molecule has 130 valence electrons. The van der Waals surface area contributed by atoms with Gasteiger partial charge in [-0.15, -0.1) is 0 Å². The van der Waals surface area contributed by atoms with Gasteiger partial charge in [-0.3, -0.25) is 0 Å². The fourth-order valence-corrected chi connectivity index (χ4v) is 4.43. The largest absolute Gasteiger partial charge is 0.322 e. The fourth-order valence-electron chi connectivity index (χ4n) is 4.43. The molecule has 1 unspecified atom stereocenters. The van der Waals surface area contributed by atoms with Crippen molar-refractivity contribution in [2.45, 2.75) is 52.5 Å². The maximum absolute atomic E-state index is 8.43. The minimum atomic E-state index is -2.15. The monoisotopic (exact) mass is 335 g/mol. The second kappa shape index (κ2) is 6.59. The summed E-state index contributed by atoms with van der Waals surface area (Å²) in [5.41, 5.74) is 5.30. The van der Waals surface area contributed by atoms with Gasteiger partial charge >= 0.3 is 0 Å². The van der Waals surface area contributed by atoms with Crippen molar-refractivity contribution in [1.29, 1.82) is 0 Å². The van der Waals surface area contributed by atoms with Crippen molar-refractivity contribution in [2.75, 3.05) is 9.80 Å². The molecule has 2 aliphatic rings. The molecule has 0 amide bonds. The lowest BCUT2D eigenvalue weighted by atomic mass is 10.0. The third-order valence-corrected chi connectivity index (χ3v) is 5.63. The molecular weight excluding hydrogens is 304 g/mol. The van der Waals surface area contributed by atoms with E-state index >= 15 is 0 Å². The Morgan fingerprint density at radius 3 is 2.24 bits per heavy atom. The lowest BCUT2D eigenvalue weighted by Gasteiger charge is -2.34. The molecule has 1 fully saturated rings. The minimum Gasteiger partial charge on any atom is -0.322 e. The van der Waals surface area contributed by atoms with Crippen LogP contribution in [-0.4, -0.2) is 6.17 Å². The number of aryl methyl sites for hydroxylation is 1. The maximum Gasteiger partial charge on any atom is 0.108 e. The Bertz CT molecular complexity index is 867. The van der Waals surface area contributed by atoms with E-state index in [4.69, 9.17) is 4.11 Å². The molecule has 4 rings (SSSR count). The zero-order valence-corrected chi connectivity index (χ0v) is 15.1. The molecule has 1 aliphatic carbocycles. The average molecular weight is 336 g/mol. The van der Waals surface area contributed by atoms with Crippen molar-refractivity contribution in [3.8, 4) is 0 Å². The average Bonchev–Trinajstić information content (AvgIpc) is 3.28. The lowest BCUT2D eigenvalue weighted by Crippen LogP contribution is -2.39. The maximum atomic E-state index is 8.43. The van der Waals surface area contributed by atoms with Gasteiger partial charge in [0.1, 0.15) is 6.17 Å². The summed E-state index contributed by atoms with van der Waals surface area (Å²) < 4.78 is 25.3. The summed E-state index contributed by atoms with van der Waals surface area (Å²) in [6, 6.07) is 18.1. The van der Waals surface area contributed by atoms with Crippen LogP contribution < -0.4 is 9.80 Å². The lowest BCUT2D eigenvalue weighted by molar-refractivity contribution is 0.602. The normalized spacial score (nSPS) is 23.8. The molecule has 0 N–H and O–H groups in total. The summed E-state index contributed by atoms with van der Waals surface area (Å²) in [6.07, 6.45) is 3.96. The molecule has 25 heavy (non-hydrogen) atoms. The van der Waals surface area contributed by atoms with E-state index in [1.165, 1.54) is 18.5 Å². The van der Waals surface area contributed by atoms with Gasteiger partial charge in [-0.2, -0.15) is 0 Å². The smallest absolute Gasteiger partial charge is 0.108 e. The minimum absolute atomic E-state index is 0.416. The molecule has 0 aromatic heterocycles. The molecular formula is C23H28N2. The van der Waals surface area contributed by atoms with Crippen LogP contribution in [0.1, 0.15) is 49.1 Å². The van der Waals surface area contributed by atoms with E-state index < -0.39 is 13.0 Å². The third-order valence-electron chi connectivity index (χ3n) is 5.63. The van der Waals surface area contributed by atoms with Gasteiger partial charge in [-0.05, 0) is 57.3 Å². The Kier molecular flexibility index (Phi) is 3.44. The van der Waals surface area contributed by atoms with Crippen molar-refractivity contribution in [1.82, 2.24) is 0 Å². The van der Waals surface area contributed by atoms with Gasteiger partial charge in [0.2, 0.25) is 0 Å². The summed E-state index contributed by atoms with van der Waals surface area (Å²) in [4.78, 5) is 4.16. The van der Waals surface area contributed by atoms with Crippen LogP contribution >= 0.6 is 0 Å². The van der Waals surface area contributed by atoms with Gasteiger partial charge in [-0.25, -0.2) is 0 Å². The highest BCUT2D eigenvalue weighted by Gasteiger charge is 2.39. The van der Waals surface area contributed by atoms with Crippen molar-refractivity contribution >= 4 is 11.4 Å². The van der Waals surface area contributed by atoms with Crippen molar-refractivity contribution in [2.24, 2.45) is 5.92 Å². The van der Waals surface area contributed by atoms with E-state index in [1.807, 2.05) is 48.5 Å². The van der Waals surface area contributed by atoms with Gasteiger partial charge in [0.15, 0.2) is 0 Å². The molecule has 2 aromatic rings. The first-order chi connectivity index (χ1) is 13.4. The third kappa shape index (κ3) is 2.74. The standard InChI is InChI=1S/C23H28N2/c1-17-11-7-10-16-22(17)24-18(2)23(20-12-8-9-13-20)25(19(24)3)21-14-5-4-6-15-21/h4-7,10-11,14-16,19-20H,8-9,12-13H2,1-3H3/i3D3. The van der Waals surface area contributed by atoms with Crippen LogP contribution in [0.15, 0.2) is 66.0 Å². The van der Waals surface area contributed by atoms with Gasteiger partial charge in [-0.1, -0.05) is 49.2 Å². The molecule has 1 saturated carbocycles. The Balaban J connectivity index is 1.93. The summed E-state index contributed by atoms with van der Waals surface area (Å²) >= 11 is 0. The highest BCUT2D eigenvalue weighted by Crippen LogP contribution is 2.45. The predicted octanol–water partition coefficient (Wildman–Crippen LogP) is 6.09. The molecule has 0 bridgehead atoms. The van der Waals surface area contributed by atoms with Crippen LogP contribution in [0.5, 0.6) is 0 Å². The molecule has 2 nitrogen and oxygen atoms in total. The molecule has 1 heterocycles. The first kappa shape index (κ1) is 13.0. The summed E-state index contributed by atoms with van der Waals surface area (Å²) in [6.45, 7) is 2.00. The SMILES string of the molecule is [2H]C([2H])([2H])C1N(c2ccccc2)C(C2CCCC2)=C(C)N1c1ccccc1C. The molecule has 2 aromatic carbocycles. The van der Waals surface area contributed by atoms with E-state index in [0.29, 0.717) is 5.92 Å². The Labute approximate surface area is 156 Å². The van der Waals surface area contributed by atoms with Crippen LogP contribution in [0.25, 0.3) is 0 Å². The number of nitrogens with zero attached hydrogens (tertiary/aromatic N) is 2. The Morgan fingerprint density at radius 2 is 1.56 bits per heavy atom. The zero-order valence-electron chi connectivity index (χ0n) is 18.1.